The van der Waals surface area contributed by atoms with E-state index >= 15 is 0 Å². The molecule has 0 bridgehead atoms. The summed E-state index contributed by atoms with van der Waals surface area (Å²) in [6, 6.07) is 41.3. The monoisotopic (exact) mass is 806 g/mol. The normalized spacial score (nSPS) is 14.8. The molecule has 266 valence electrons. The van der Waals surface area contributed by atoms with Crippen LogP contribution >= 0.6 is 0 Å². The summed E-state index contributed by atoms with van der Waals surface area (Å²) in [7, 11) is 0. The Hall–Kier alpha value is -2.22. The summed E-state index contributed by atoms with van der Waals surface area (Å²) in [6.45, 7) is 9.02. The van der Waals surface area contributed by atoms with E-state index in [0.29, 0.717) is 0 Å². The van der Waals surface area contributed by atoms with E-state index in [2.05, 4.69) is 136 Å². The SMILES string of the molecule is CCc1cc2c(-c3ccc(C4CCCCC4)cc3)cccc2[cH-]1.C[Si](C)=[Zr+2].Cc1cc2c(-c3ccc(C4CCCCC4)cc3)cccc2[cH-]1.[Cl-].[Cl-]. The number of halogens is 2. The second kappa shape index (κ2) is 20.3. The van der Waals surface area contributed by atoms with Crippen LogP contribution in [0, 0.1) is 6.92 Å². The Bertz CT molecular complexity index is 1950. The molecule has 0 amide bonds. The molecule has 0 radical (unpaired) electrons. The molecule has 2 aliphatic carbocycles. The van der Waals surface area contributed by atoms with Crippen LogP contribution in [0.25, 0.3) is 43.8 Å². The van der Waals surface area contributed by atoms with Crippen molar-refractivity contribution in [2.24, 2.45) is 0 Å². The van der Waals surface area contributed by atoms with E-state index in [1.54, 1.807) is 23.3 Å². The van der Waals surface area contributed by atoms with Gasteiger partial charge in [0.05, 0.1) is 0 Å². The van der Waals surface area contributed by atoms with Crippen LogP contribution in [0.2, 0.25) is 13.1 Å². The Balaban J connectivity index is 0.000000200. The fourth-order valence-corrected chi connectivity index (χ4v) is 8.13. The molecule has 4 heteroatoms. The Labute approximate surface area is 335 Å². The average Bonchev–Trinajstić information content (AvgIpc) is 3.75. The maximum absolute atomic E-state index is 2.37. The van der Waals surface area contributed by atoms with Crippen LogP contribution in [-0.4, -0.2) is 5.43 Å². The van der Waals surface area contributed by atoms with Crippen molar-refractivity contribution in [3.05, 3.63) is 131 Å². The van der Waals surface area contributed by atoms with Crippen molar-refractivity contribution < 1.29 is 48.1 Å². The molecule has 0 N–H and O–H groups in total. The Kier molecular flexibility index (Phi) is 16.5. The van der Waals surface area contributed by atoms with E-state index in [4.69, 9.17) is 0 Å². The summed E-state index contributed by atoms with van der Waals surface area (Å²) >= 11 is 1.74. The van der Waals surface area contributed by atoms with Gasteiger partial charge in [-0.15, -0.1) is 69.1 Å². The number of hydrogen-bond donors (Lipinski definition) is 0. The predicted octanol–water partition coefficient (Wildman–Crippen LogP) is 8.21. The molecule has 0 aliphatic heterocycles. The number of fused-ring (bicyclic) bond motifs is 2. The predicted molar refractivity (Wildman–Crippen MR) is 213 cm³/mol. The first-order chi connectivity index (χ1) is 23.9. The molecule has 2 saturated carbocycles. The minimum Gasteiger partial charge on any atom is -1.00 e. The third-order valence-corrected chi connectivity index (χ3v) is 10.7. The molecule has 0 spiro atoms. The second-order valence-corrected chi connectivity index (χ2v) is 24.2. The summed E-state index contributed by atoms with van der Waals surface area (Å²) in [6.07, 6.45) is 15.0. The second-order valence-electron chi connectivity index (χ2n) is 14.8. The molecular weight excluding hydrogens is 755 g/mol. The number of benzene rings is 4. The zero-order valence-electron chi connectivity index (χ0n) is 31.1. The Morgan fingerprint density at radius 3 is 1.43 bits per heavy atom. The van der Waals surface area contributed by atoms with Crippen molar-refractivity contribution in [1.82, 2.24) is 0 Å². The van der Waals surface area contributed by atoms with Crippen molar-refractivity contribution in [1.29, 1.82) is 0 Å². The van der Waals surface area contributed by atoms with Crippen LogP contribution in [0.4, 0.5) is 0 Å². The molecular formula is C47H54Cl2SiZr-2. The van der Waals surface area contributed by atoms with Gasteiger partial charge in [0, 0.05) is 0 Å². The summed E-state index contributed by atoms with van der Waals surface area (Å²) in [4.78, 5) is 0. The van der Waals surface area contributed by atoms with E-state index in [9.17, 15) is 0 Å². The first-order valence-electron chi connectivity index (χ1n) is 19.0. The molecule has 0 aromatic heterocycles. The summed E-state index contributed by atoms with van der Waals surface area (Å²) in [5, 5.41) is 5.50. The van der Waals surface area contributed by atoms with Gasteiger partial charge >= 0.3 is 41.9 Å². The zero-order valence-corrected chi connectivity index (χ0v) is 36.1. The van der Waals surface area contributed by atoms with Gasteiger partial charge in [-0.2, -0.15) is 12.1 Å². The quantitative estimate of drug-likeness (QED) is 0.122. The topological polar surface area (TPSA) is 0 Å². The average molecular weight is 809 g/mol. The van der Waals surface area contributed by atoms with Gasteiger partial charge < -0.3 is 24.8 Å². The molecule has 0 atom stereocenters. The van der Waals surface area contributed by atoms with E-state index < -0.39 is 0 Å². The molecule has 0 saturated heterocycles. The third-order valence-electron chi connectivity index (χ3n) is 10.7. The van der Waals surface area contributed by atoms with E-state index in [0.717, 1.165) is 18.3 Å². The molecule has 8 rings (SSSR count). The summed E-state index contributed by atoms with van der Waals surface area (Å²) in [5.41, 5.74) is 11.5. The van der Waals surface area contributed by atoms with Gasteiger partial charge in [0.2, 0.25) is 0 Å². The van der Waals surface area contributed by atoms with E-state index in [1.807, 2.05) is 0 Å². The van der Waals surface area contributed by atoms with Crippen LogP contribution < -0.4 is 24.8 Å². The molecule has 0 unspecified atom stereocenters. The maximum atomic E-state index is 2.37. The summed E-state index contributed by atoms with van der Waals surface area (Å²) < 4.78 is 0. The van der Waals surface area contributed by atoms with Crippen molar-refractivity contribution in [2.45, 2.75) is 109 Å². The van der Waals surface area contributed by atoms with Gasteiger partial charge in [-0.3, -0.25) is 0 Å². The van der Waals surface area contributed by atoms with E-state index in [1.165, 1.54) is 130 Å². The first-order valence-corrected chi connectivity index (χ1v) is 25.1. The first kappa shape index (κ1) is 41.5. The Morgan fingerprint density at radius 1 is 0.588 bits per heavy atom. The fraction of sp³-hybridized carbons (Fsp3) is 0.362. The molecule has 0 nitrogen and oxygen atoms in total. The van der Waals surface area contributed by atoms with Crippen molar-refractivity contribution in [3.63, 3.8) is 0 Å². The largest absolute Gasteiger partial charge is 1.00 e. The fourth-order valence-electron chi connectivity index (χ4n) is 8.13. The van der Waals surface area contributed by atoms with Crippen LogP contribution in [-0.2, 0) is 29.8 Å². The van der Waals surface area contributed by atoms with Gasteiger partial charge in [-0.1, -0.05) is 124 Å². The van der Waals surface area contributed by atoms with Crippen molar-refractivity contribution >= 4 is 27.0 Å². The zero-order chi connectivity index (χ0) is 34.2. The van der Waals surface area contributed by atoms with Gasteiger partial charge in [0.25, 0.3) is 0 Å². The molecule has 6 aromatic carbocycles. The number of aryl methyl sites for hydroxylation is 2. The number of rotatable bonds is 5. The smallest absolute Gasteiger partial charge is 0.0162 e. The third kappa shape index (κ3) is 10.9. The Morgan fingerprint density at radius 2 is 1.00 bits per heavy atom. The van der Waals surface area contributed by atoms with E-state index in [-0.39, 0.29) is 30.2 Å². The van der Waals surface area contributed by atoms with Crippen LogP contribution in [0.15, 0.2) is 109 Å². The standard InChI is InChI=1S/C23H25.C22H23.C2H6Si.2ClH.Zr/c1-2-17-15-21-9-6-10-22(23(21)16-17)20-13-11-19(12-14-20)18-7-4-3-5-8-18;1-16-14-20-8-5-9-21(22(20)15-16)19-12-10-18(11-13-19)17-6-3-2-4-7-17;1-3-2;;;/h6,9-16,18H,2-5,7-8H2,1H3;5,8-15,17H,2-4,6-7H2,1H3;1-2H3;2*1H;/q2*-1;;;;+2/p-2. The molecule has 2 fully saturated rings. The van der Waals surface area contributed by atoms with Gasteiger partial charge in [-0.05, 0) is 66.2 Å². The van der Waals surface area contributed by atoms with Gasteiger partial charge in [0.15, 0.2) is 0 Å². The minimum atomic E-state index is 0. The van der Waals surface area contributed by atoms with Crippen LogP contribution in [0.3, 0.4) is 0 Å². The van der Waals surface area contributed by atoms with Gasteiger partial charge in [0.1, 0.15) is 0 Å². The van der Waals surface area contributed by atoms with Crippen molar-refractivity contribution in [3.8, 4) is 22.3 Å². The number of hydrogen-bond acceptors (Lipinski definition) is 0. The maximum Gasteiger partial charge on any atom is -0.0162 e. The molecule has 0 heterocycles. The molecule has 51 heavy (non-hydrogen) atoms. The van der Waals surface area contributed by atoms with Gasteiger partial charge in [-0.25, -0.2) is 0 Å². The minimum absolute atomic E-state index is 0. The van der Waals surface area contributed by atoms with Crippen molar-refractivity contribution in [2.75, 3.05) is 0 Å². The molecule has 2 aliphatic rings. The molecule has 6 aromatic rings. The van der Waals surface area contributed by atoms with Crippen LogP contribution in [0.1, 0.15) is 105 Å². The summed E-state index contributed by atoms with van der Waals surface area (Å²) in [5.74, 6) is 1.58. The van der Waals surface area contributed by atoms with Crippen LogP contribution in [0.5, 0.6) is 0 Å².